The summed E-state index contributed by atoms with van der Waals surface area (Å²) in [5, 5.41) is 3.53. The first-order valence-electron chi connectivity index (χ1n) is 6.31. The van der Waals surface area contributed by atoms with Crippen molar-refractivity contribution in [3.8, 4) is 0 Å². The third-order valence-electron chi connectivity index (χ3n) is 3.13. The van der Waals surface area contributed by atoms with Crippen LogP contribution in [0, 0.1) is 0 Å². The molecular weight excluding hydrogens is 276 g/mol. The Bertz CT molecular complexity index is 384. The minimum absolute atomic E-state index is 0.333. The second-order valence-corrected chi connectivity index (χ2v) is 5.47. The predicted octanol–water partition coefficient (Wildman–Crippen LogP) is 4.07. The molecule has 0 saturated heterocycles. The Balaban J connectivity index is 1.98. The molecule has 17 heavy (non-hydrogen) atoms. The monoisotopic (exact) mass is 294 g/mol. The van der Waals surface area contributed by atoms with E-state index in [0.29, 0.717) is 6.04 Å². The lowest BCUT2D eigenvalue weighted by Gasteiger charge is -2.17. The van der Waals surface area contributed by atoms with Crippen LogP contribution in [-0.4, -0.2) is 12.4 Å². The molecule has 0 aliphatic carbocycles. The van der Waals surface area contributed by atoms with Crippen LogP contribution in [0.15, 0.2) is 33.7 Å². The zero-order valence-electron chi connectivity index (χ0n) is 10.2. The fourth-order valence-corrected chi connectivity index (χ4v) is 2.34. The summed E-state index contributed by atoms with van der Waals surface area (Å²) in [5.41, 5.74) is 1.31. The van der Waals surface area contributed by atoms with Crippen molar-refractivity contribution in [3.05, 3.63) is 34.3 Å². The fraction of sp³-hybridized carbons (Fsp3) is 0.500. The summed E-state index contributed by atoms with van der Waals surface area (Å²) >= 11 is 3.46. The van der Waals surface area contributed by atoms with Gasteiger partial charge in [0.2, 0.25) is 0 Å². The van der Waals surface area contributed by atoms with Gasteiger partial charge in [0, 0.05) is 23.5 Å². The van der Waals surface area contributed by atoms with E-state index in [1.54, 1.807) is 0 Å². The van der Waals surface area contributed by atoms with Gasteiger partial charge in [-0.15, -0.1) is 0 Å². The average Bonchev–Trinajstić information content (AvgIpc) is 2.58. The SMILES string of the molecule is CC(NC1=NCCCCC1)c1ccc(Br)cc1. The van der Waals surface area contributed by atoms with E-state index in [4.69, 9.17) is 0 Å². The fourth-order valence-electron chi connectivity index (χ4n) is 2.08. The molecule has 1 unspecified atom stereocenters. The van der Waals surface area contributed by atoms with Gasteiger partial charge < -0.3 is 5.32 Å². The molecule has 0 fully saturated rings. The van der Waals surface area contributed by atoms with E-state index in [1.165, 1.54) is 30.7 Å². The number of rotatable bonds is 2. The summed E-state index contributed by atoms with van der Waals surface area (Å²) < 4.78 is 1.13. The number of aliphatic imine (C=N–C) groups is 1. The van der Waals surface area contributed by atoms with E-state index in [9.17, 15) is 0 Å². The van der Waals surface area contributed by atoms with Gasteiger partial charge in [0.1, 0.15) is 0 Å². The number of nitrogens with one attached hydrogen (secondary N) is 1. The summed E-state index contributed by atoms with van der Waals surface area (Å²) in [4.78, 5) is 4.60. The molecule has 92 valence electrons. The lowest BCUT2D eigenvalue weighted by molar-refractivity contribution is 0.693. The zero-order chi connectivity index (χ0) is 12.1. The van der Waals surface area contributed by atoms with E-state index in [-0.39, 0.29) is 0 Å². The van der Waals surface area contributed by atoms with Crippen LogP contribution in [0.3, 0.4) is 0 Å². The number of nitrogens with zero attached hydrogens (tertiary/aromatic N) is 1. The largest absolute Gasteiger partial charge is 0.367 e. The van der Waals surface area contributed by atoms with E-state index < -0.39 is 0 Å². The van der Waals surface area contributed by atoms with Crippen molar-refractivity contribution in [2.45, 2.75) is 38.6 Å². The minimum atomic E-state index is 0.333. The Morgan fingerprint density at radius 2 is 1.94 bits per heavy atom. The molecular formula is C14H19BrN2. The van der Waals surface area contributed by atoms with Gasteiger partial charge in [0.05, 0.1) is 5.84 Å². The Morgan fingerprint density at radius 1 is 1.18 bits per heavy atom. The molecule has 1 aliphatic rings. The van der Waals surface area contributed by atoms with Crippen LogP contribution < -0.4 is 5.32 Å². The highest BCUT2D eigenvalue weighted by Gasteiger charge is 2.09. The number of halogens is 1. The van der Waals surface area contributed by atoms with Gasteiger partial charge in [-0.1, -0.05) is 34.5 Å². The van der Waals surface area contributed by atoms with Crippen molar-refractivity contribution in [1.29, 1.82) is 0 Å². The number of hydrogen-bond donors (Lipinski definition) is 1. The van der Waals surface area contributed by atoms with Gasteiger partial charge in [-0.05, 0) is 37.5 Å². The quantitative estimate of drug-likeness (QED) is 0.873. The second-order valence-electron chi connectivity index (χ2n) is 4.56. The van der Waals surface area contributed by atoms with Crippen LogP contribution >= 0.6 is 15.9 Å². The molecule has 1 heterocycles. The molecule has 0 aromatic heterocycles. The molecule has 1 aliphatic heterocycles. The third-order valence-corrected chi connectivity index (χ3v) is 3.66. The van der Waals surface area contributed by atoms with Crippen LogP contribution in [0.1, 0.15) is 44.2 Å². The van der Waals surface area contributed by atoms with Gasteiger partial charge in [-0.3, -0.25) is 4.99 Å². The normalized spacial score (nSPS) is 18.1. The summed E-state index contributed by atoms with van der Waals surface area (Å²) in [6.07, 6.45) is 4.90. The lowest BCUT2D eigenvalue weighted by atomic mass is 10.1. The maximum absolute atomic E-state index is 4.60. The van der Waals surface area contributed by atoms with Crippen molar-refractivity contribution in [3.63, 3.8) is 0 Å². The molecule has 3 heteroatoms. The molecule has 1 N–H and O–H groups in total. The van der Waals surface area contributed by atoms with Crippen molar-refractivity contribution in [2.24, 2.45) is 4.99 Å². The molecule has 1 aromatic carbocycles. The van der Waals surface area contributed by atoms with Crippen molar-refractivity contribution in [2.75, 3.05) is 6.54 Å². The number of benzene rings is 1. The van der Waals surface area contributed by atoms with Gasteiger partial charge in [-0.2, -0.15) is 0 Å². The van der Waals surface area contributed by atoms with Gasteiger partial charge in [0.15, 0.2) is 0 Å². The number of hydrogen-bond acceptors (Lipinski definition) is 2. The zero-order valence-corrected chi connectivity index (χ0v) is 11.8. The van der Waals surface area contributed by atoms with Crippen LogP contribution in [0.25, 0.3) is 0 Å². The molecule has 0 saturated carbocycles. The van der Waals surface area contributed by atoms with Crippen molar-refractivity contribution in [1.82, 2.24) is 5.32 Å². The molecule has 1 atom stereocenters. The highest BCUT2D eigenvalue weighted by Crippen LogP contribution is 2.17. The maximum atomic E-state index is 4.60. The van der Waals surface area contributed by atoms with Crippen LogP contribution in [0.2, 0.25) is 0 Å². The smallest absolute Gasteiger partial charge is 0.0967 e. The first kappa shape index (κ1) is 12.6. The molecule has 0 bridgehead atoms. The van der Waals surface area contributed by atoms with Crippen molar-refractivity contribution < 1.29 is 0 Å². The van der Waals surface area contributed by atoms with Gasteiger partial charge in [0.25, 0.3) is 0 Å². The Labute approximate surface area is 112 Å². The van der Waals surface area contributed by atoms with Gasteiger partial charge >= 0.3 is 0 Å². The number of amidine groups is 1. The first-order chi connectivity index (χ1) is 8.25. The van der Waals surface area contributed by atoms with Crippen LogP contribution in [0.4, 0.5) is 0 Å². The maximum Gasteiger partial charge on any atom is 0.0967 e. The van der Waals surface area contributed by atoms with Crippen LogP contribution in [-0.2, 0) is 0 Å². The Hall–Kier alpha value is -0.830. The highest BCUT2D eigenvalue weighted by atomic mass is 79.9. The standard InChI is InChI=1S/C14H19BrN2/c1-11(12-6-8-13(15)9-7-12)17-14-5-3-2-4-10-16-14/h6-9,11H,2-5,10H2,1H3,(H,16,17). The molecule has 0 amide bonds. The Morgan fingerprint density at radius 3 is 2.71 bits per heavy atom. The van der Waals surface area contributed by atoms with Crippen LogP contribution in [0.5, 0.6) is 0 Å². The second kappa shape index (κ2) is 6.20. The summed E-state index contributed by atoms with van der Waals surface area (Å²) in [7, 11) is 0. The topological polar surface area (TPSA) is 24.4 Å². The first-order valence-corrected chi connectivity index (χ1v) is 7.10. The third kappa shape index (κ3) is 3.84. The van der Waals surface area contributed by atoms with Crippen molar-refractivity contribution >= 4 is 21.8 Å². The molecule has 0 radical (unpaired) electrons. The minimum Gasteiger partial charge on any atom is -0.367 e. The van der Waals surface area contributed by atoms with E-state index >= 15 is 0 Å². The highest BCUT2D eigenvalue weighted by molar-refractivity contribution is 9.10. The van der Waals surface area contributed by atoms with Gasteiger partial charge in [-0.25, -0.2) is 0 Å². The molecule has 1 aromatic rings. The molecule has 2 nitrogen and oxygen atoms in total. The van der Waals surface area contributed by atoms with E-state index in [1.807, 2.05) is 0 Å². The molecule has 2 rings (SSSR count). The average molecular weight is 295 g/mol. The predicted molar refractivity (Wildman–Crippen MR) is 76.5 cm³/mol. The summed E-state index contributed by atoms with van der Waals surface area (Å²) in [5.74, 6) is 1.18. The lowest BCUT2D eigenvalue weighted by Crippen LogP contribution is -2.26. The molecule has 0 spiro atoms. The Kier molecular flexibility index (Phi) is 4.60. The van der Waals surface area contributed by atoms with E-state index in [2.05, 4.69) is 57.4 Å². The summed E-state index contributed by atoms with van der Waals surface area (Å²) in [6, 6.07) is 8.81. The van der Waals surface area contributed by atoms with E-state index in [0.717, 1.165) is 17.4 Å². The summed E-state index contributed by atoms with van der Waals surface area (Å²) in [6.45, 7) is 3.17.